The summed E-state index contributed by atoms with van der Waals surface area (Å²) in [7, 11) is 1.00. The van der Waals surface area contributed by atoms with Crippen LogP contribution in [0.2, 0.25) is 0 Å². The third-order valence-electron chi connectivity index (χ3n) is 4.90. The van der Waals surface area contributed by atoms with Crippen molar-refractivity contribution in [1.82, 2.24) is 5.32 Å². The summed E-state index contributed by atoms with van der Waals surface area (Å²) < 4.78 is 36.3. The number of benzene rings is 3. The molecule has 8 heteroatoms. The predicted octanol–water partition coefficient (Wildman–Crippen LogP) is 5.93. The minimum absolute atomic E-state index is 0.238. The number of aryl methyl sites for hydroxylation is 1. The van der Waals surface area contributed by atoms with Gasteiger partial charge in [-0.15, -0.1) is 0 Å². The van der Waals surface area contributed by atoms with E-state index in [1.807, 2.05) is 50.2 Å². The number of anilines is 1. The lowest BCUT2D eigenvalue weighted by Gasteiger charge is -2.09. The highest BCUT2D eigenvalue weighted by Gasteiger charge is 2.29. The van der Waals surface area contributed by atoms with E-state index >= 15 is 0 Å². The smallest absolute Gasteiger partial charge is 0.400 e. The molecule has 0 fully saturated rings. The van der Waals surface area contributed by atoms with Crippen LogP contribution in [0, 0.1) is 6.92 Å². The maximum Gasteiger partial charge on any atom is 0.416 e. The van der Waals surface area contributed by atoms with Gasteiger partial charge in [-0.05, 0) is 67.3 Å². The predicted molar refractivity (Wildman–Crippen MR) is 137 cm³/mol. The van der Waals surface area contributed by atoms with Gasteiger partial charge < -0.3 is 15.7 Å². The van der Waals surface area contributed by atoms with Crippen LogP contribution >= 0.6 is 0 Å². The zero-order valence-electron chi connectivity index (χ0n) is 20.5. The van der Waals surface area contributed by atoms with E-state index in [-0.39, 0.29) is 6.54 Å². The fourth-order valence-corrected chi connectivity index (χ4v) is 3.02. The van der Waals surface area contributed by atoms with Crippen LogP contribution in [0.5, 0.6) is 0 Å². The van der Waals surface area contributed by atoms with Crippen molar-refractivity contribution in [3.63, 3.8) is 0 Å². The number of amides is 1. The first-order valence-corrected chi connectivity index (χ1v) is 11.0. The van der Waals surface area contributed by atoms with Crippen LogP contribution in [-0.2, 0) is 23.9 Å². The SMILES string of the molecule is C/C(=C\Cc1ccccc1)Nc1ccc(C=O)c(C)c1.CO.O=CNCc1ccc(C(F)(F)F)cc1. The van der Waals surface area contributed by atoms with Crippen molar-refractivity contribution in [3.8, 4) is 0 Å². The van der Waals surface area contributed by atoms with E-state index in [2.05, 4.69) is 28.8 Å². The lowest BCUT2D eigenvalue weighted by molar-refractivity contribution is -0.137. The molecule has 0 aromatic heterocycles. The van der Waals surface area contributed by atoms with Crippen molar-refractivity contribution in [3.05, 3.63) is 112 Å². The van der Waals surface area contributed by atoms with E-state index in [1.54, 1.807) is 0 Å². The van der Waals surface area contributed by atoms with Gasteiger partial charge in [0.15, 0.2) is 0 Å². The van der Waals surface area contributed by atoms with E-state index in [0.717, 1.165) is 54.5 Å². The molecule has 0 saturated heterocycles. The number of halogens is 3. The molecule has 0 bridgehead atoms. The van der Waals surface area contributed by atoms with Crippen molar-refractivity contribution in [2.75, 3.05) is 12.4 Å². The molecule has 3 aromatic rings. The summed E-state index contributed by atoms with van der Waals surface area (Å²) in [5, 5.41) is 12.7. The Labute approximate surface area is 209 Å². The Morgan fingerprint density at radius 3 is 2.08 bits per heavy atom. The maximum atomic E-state index is 12.1. The molecule has 0 heterocycles. The minimum Gasteiger partial charge on any atom is -0.400 e. The summed E-state index contributed by atoms with van der Waals surface area (Å²) in [5.41, 5.74) is 5.07. The number of aldehydes is 1. The first-order valence-electron chi connectivity index (χ1n) is 11.0. The number of aliphatic hydroxyl groups is 1. The van der Waals surface area contributed by atoms with Gasteiger partial charge in [-0.2, -0.15) is 13.2 Å². The van der Waals surface area contributed by atoms with Gasteiger partial charge in [0.05, 0.1) is 5.56 Å². The normalized spacial score (nSPS) is 10.7. The largest absolute Gasteiger partial charge is 0.416 e. The number of hydrogen-bond acceptors (Lipinski definition) is 4. The minimum atomic E-state index is -4.31. The third kappa shape index (κ3) is 11.0. The summed E-state index contributed by atoms with van der Waals surface area (Å²) in [5.74, 6) is 0. The molecule has 0 aliphatic rings. The van der Waals surface area contributed by atoms with E-state index in [9.17, 15) is 22.8 Å². The van der Waals surface area contributed by atoms with Crippen LogP contribution in [0.3, 0.4) is 0 Å². The molecule has 5 nitrogen and oxygen atoms in total. The zero-order valence-corrected chi connectivity index (χ0v) is 20.5. The molecule has 0 spiro atoms. The molecule has 3 N–H and O–H groups in total. The van der Waals surface area contributed by atoms with Crippen LogP contribution in [-0.4, -0.2) is 24.9 Å². The van der Waals surface area contributed by atoms with Crippen LogP contribution in [0.15, 0.2) is 84.6 Å². The van der Waals surface area contributed by atoms with Crippen molar-refractivity contribution >= 4 is 18.4 Å². The van der Waals surface area contributed by atoms with Crippen LogP contribution < -0.4 is 10.6 Å². The lowest BCUT2D eigenvalue weighted by Crippen LogP contribution is -2.10. The second-order valence-corrected chi connectivity index (χ2v) is 7.58. The van der Waals surface area contributed by atoms with Crippen molar-refractivity contribution in [2.24, 2.45) is 0 Å². The molecule has 192 valence electrons. The fraction of sp³-hybridized carbons (Fsp3) is 0.214. The number of nitrogens with one attached hydrogen (secondary N) is 2. The highest BCUT2D eigenvalue weighted by Crippen LogP contribution is 2.29. The Morgan fingerprint density at radius 2 is 1.56 bits per heavy atom. The molecule has 0 aliphatic heterocycles. The number of rotatable bonds is 8. The number of hydrogen-bond donors (Lipinski definition) is 3. The van der Waals surface area contributed by atoms with E-state index in [1.165, 1.54) is 17.7 Å². The average molecular weight is 501 g/mol. The van der Waals surface area contributed by atoms with Gasteiger partial charge in [0.2, 0.25) is 6.41 Å². The summed E-state index contributed by atoms with van der Waals surface area (Å²) >= 11 is 0. The average Bonchev–Trinajstić information content (AvgIpc) is 2.88. The van der Waals surface area contributed by atoms with E-state index in [4.69, 9.17) is 5.11 Å². The Balaban J connectivity index is 0.000000356. The second kappa shape index (κ2) is 15.9. The van der Waals surface area contributed by atoms with Gasteiger partial charge in [0.25, 0.3) is 0 Å². The highest BCUT2D eigenvalue weighted by molar-refractivity contribution is 5.78. The summed E-state index contributed by atoms with van der Waals surface area (Å²) in [6, 6.07) is 20.8. The van der Waals surface area contributed by atoms with E-state index < -0.39 is 11.7 Å². The third-order valence-corrected chi connectivity index (χ3v) is 4.90. The molecule has 0 atom stereocenters. The number of carbonyl (C=O) groups excluding carboxylic acids is 2. The Morgan fingerprint density at radius 1 is 0.917 bits per heavy atom. The highest BCUT2D eigenvalue weighted by atomic mass is 19.4. The van der Waals surface area contributed by atoms with Crippen molar-refractivity contribution < 1.29 is 27.9 Å². The molecule has 36 heavy (non-hydrogen) atoms. The molecule has 0 aliphatic carbocycles. The number of allylic oxidation sites excluding steroid dienone is 2. The van der Waals surface area contributed by atoms with Gasteiger partial charge >= 0.3 is 6.18 Å². The fourth-order valence-electron chi connectivity index (χ4n) is 3.02. The second-order valence-electron chi connectivity index (χ2n) is 7.58. The quantitative estimate of drug-likeness (QED) is 0.335. The summed E-state index contributed by atoms with van der Waals surface area (Å²) in [4.78, 5) is 20.7. The summed E-state index contributed by atoms with van der Waals surface area (Å²) in [6.45, 7) is 4.23. The zero-order chi connectivity index (χ0) is 27.0. The number of carbonyl (C=O) groups is 2. The molecule has 1 amide bonds. The molecule has 0 unspecified atom stereocenters. The first-order chi connectivity index (χ1) is 17.2. The molecular weight excluding hydrogens is 469 g/mol. The summed E-state index contributed by atoms with van der Waals surface area (Å²) in [6.07, 6.45) is 0.148. The number of alkyl halides is 3. The number of aliphatic hydroxyl groups excluding tert-OH is 1. The molecule has 0 saturated carbocycles. The Hall–Kier alpha value is -3.91. The van der Waals surface area contributed by atoms with Gasteiger partial charge in [-0.1, -0.05) is 48.5 Å². The van der Waals surface area contributed by atoms with Gasteiger partial charge in [0, 0.05) is 30.6 Å². The van der Waals surface area contributed by atoms with Gasteiger partial charge in [-0.3, -0.25) is 9.59 Å². The lowest BCUT2D eigenvalue weighted by atomic mass is 10.1. The Kier molecular flexibility index (Phi) is 13.3. The monoisotopic (exact) mass is 500 g/mol. The van der Waals surface area contributed by atoms with Crippen LogP contribution in [0.1, 0.15) is 39.5 Å². The first kappa shape index (κ1) is 30.1. The molecule has 3 rings (SSSR count). The van der Waals surface area contributed by atoms with Crippen molar-refractivity contribution in [2.45, 2.75) is 33.0 Å². The van der Waals surface area contributed by atoms with Crippen molar-refractivity contribution in [1.29, 1.82) is 0 Å². The molecule has 3 aromatic carbocycles. The van der Waals surface area contributed by atoms with E-state index in [0.29, 0.717) is 12.0 Å². The molecular formula is C28H31F3N2O3. The van der Waals surface area contributed by atoms with Gasteiger partial charge in [-0.25, -0.2) is 0 Å². The molecule has 0 radical (unpaired) electrons. The standard InChI is InChI=1S/C18H19NO.C9H8F3NO.CH4O/c1-14-12-18(11-10-17(14)13-20)19-15(2)8-9-16-6-4-3-5-7-16;10-9(11,12)8-3-1-7(2-4-8)5-13-6-14;1-2/h3-8,10-13,19H,9H2,1-2H3;1-4,6H,5H2,(H,13,14);2H,1H3/b15-8+;;. The van der Waals surface area contributed by atoms with Gasteiger partial charge in [0.1, 0.15) is 6.29 Å². The van der Waals surface area contributed by atoms with Crippen LogP contribution in [0.4, 0.5) is 18.9 Å². The van der Waals surface area contributed by atoms with Crippen LogP contribution in [0.25, 0.3) is 0 Å². The topological polar surface area (TPSA) is 78.4 Å². The maximum absolute atomic E-state index is 12.1. The Bertz CT molecular complexity index is 1100.